The van der Waals surface area contributed by atoms with Crippen LogP contribution in [0.1, 0.15) is 27.0 Å². The summed E-state index contributed by atoms with van der Waals surface area (Å²) in [6.07, 6.45) is 0. The zero-order valence-corrected chi connectivity index (χ0v) is 12.8. The van der Waals surface area contributed by atoms with Crippen LogP contribution in [0.3, 0.4) is 0 Å². The maximum absolute atomic E-state index is 12.3. The Hall–Kier alpha value is -1.61. The highest BCUT2D eigenvalue weighted by molar-refractivity contribution is 9.10. The number of hydrogen-bond acceptors (Lipinski definition) is 1. The van der Waals surface area contributed by atoms with Gasteiger partial charge in [0.05, 0.1) is 5.69 Å². The van der Waals surface area contributed by atoms with E-state index in [1.54, 1.807) is 0 Å². The molecule has 0 fully saturated rings. The zero-order chi connectivity index (χ0) is 14.0. The van der Waals surface area contributed by atoms with Crippen molar-refractivity contribution in [2.45, 2.75) is 20.8 Å². The van der Waals surface area contributed by atoms with Crippen molar-refractivity contribution in [1.29, 1.82) is 0 Å². The van der Waals surface area contributed by atoms with Crippen molar-refractivity contribution in [2.24, 2.45) is 0 Å². The second-order valence-electron chi connectivity index (χ2n) is 4.64. The van der Waals surface area contributed by atoms with Crippen molar-refractivity contribution in [3.05, 3.63) is 63.1 Å². The van der Waals surface area contributed by atoms with E-state index in [1.807, 2.05) is 57.2 Å². The minimum atomic E-state index is -0.0764. The van der Waals surface area contributed by atoms with Crippen molar-refractivity contribution in [3.63, 3.8) is 0 Å². The van der Waals surface area contributed by atoms with Gasteiger partial charge in [-0.3, -0.25) is 4.79 Å². The molecule has 2 aromatic carbocycles. The monoisotopic (exact) mass is 317 g/mol. The first-order valence-electron chi connectivity index (χ1n) is 6.13. The fraction of sp³-hybridized carbons (Fsp3) is 0.188. The summed E-state index contributed by atoms with van der Waals surface area (Å²) in [6, 6.07) is 11.6. The van der Waals surface area contributed by atoms with Crippen molar-refractivity contribution >= 4 is 27.5 Å². The first kappa shape index (κ1) is 13.8. The van der Waals surface area contributed by atoms with Crippen LogP contribution >= 0.6 is 15.9 Å². The van der Waals surface area contributed by atoms with E-state index in [0.29, 0.717) is 5.56 Å². The second-order valence-corrected chi connectivity index (χ2v) is 5.43. The fourth-order valence-corrected chi connectivity index (χ4v) is 2.29. The highest BCUT2D eigenvalue weighted by Crippen LogP contribution is 2.26. The third-order valence-electron chi connectivity index (χ3n) is 3.29. The van der Waals surface area contributed by atoms with Crippen LogP contribution in [-0.4, -0.2) is 5.91 Å². The highest BCUT2D eigenvalue weighted by atomic mass is 79.9. The van der Waals surface area contributed by atoms with Crippen LogP contribution < -0.4 is 5.32 Å². The number of amides is 1. The smallest absolute Gasteiger partial charge is 0.255 e. The number of hydrogen-bond donors (Lipinski definition) is 1. The molecule has 0 bridgehead atoms. The molecule has 0 heterocycles. The Morgan fingerprint density at radius 1 is 1.00 bits per heavy atom. The lowest BCUT2D eigenvalue weighted by molar-refractivity contribution is 0.102. The number of carbonyl (C=O) groups excluding carboxylic acids is 1. The summed E-state index contributed by atoms with van der Waals surface area (Å²) in [7, 11) is 0. The molecule has 1 N–H and O–H groups in total. The van der Waals surface area contributed by atoms with E-state index in [9.17, 15) is 4.79 Å². The van der Waals surface area contributed by atoms with Gasteiger partial charge in [-0.1, -0.05) is 24.3 Å². The molecule has 0 aliphatic carbocycles. The van der Waals surface area contributed by atoms with Gasteiger partial charge < -0.3 is 5.32 Å². The first-order chi connectivity index (χ1) is 9.00. The van der Waals surface area contributed by atoms with Gasteiger partial charge in [-0.05, 0) is 65.5 Å². The predicted octanol–water partition coefficient (Wildman–Crippen LogP) is 4.63. The second kappa shape index (κ2) is 5.57. The molecular weight excluding hydrogens is 302 g/mol. The number of rotatable bonds is 2. The topological polar surface area (TPSA) is 29.1 Å². The third-order valence-corrected chi connectivity index (χ3v) is 4.34. The molecule has 0 aliphatic heterocycles. The molecule has 0 atom stereocenters. The van der Waals surface area contributed by atoms with E-state index in [2.05, 4.69) is 21.2 Å². The quantitative estimate of drug-likeness (QED) is 0.859. The Labute approximate surface area is 122 Å². The Balaban J connectivity index is 2.31. The Kier molecular flexibility index (Phi) is 4.05. The Morgan fingerprint density at radius 3 is 2.37 bits per heavy atom. The molecule has 0 aromatic heterocycles. The molecule has 1 amide bonds. The Bertz CT molecular complexity index is 635. The minimum Gasteiger partial charge on any atom is -0.321 e. The average molecular weight is 318 g/mol. The summed E-state index contributed by atoms with van der Waals surface area (Å²) in [5.74, 6) is -0.0764. The van der Waals surface area contributed by atoms with Crippen LogP contribution in [0.2, 0.25) is 0 Å². The molecule has 0 unspecified atom stereocenters. The van der Waals surface area contributed by atoms with Crippen molar-refractivity contribution < 1.29 is 4.79 Å². The molecule has 2 rings (SSSR count). The molecule has 0 radical (unpaired) electrons. The van der Waals surface area contributed by atoms with E-state index in [0.717, 1.165) is 26.9 Å². The summed E-state index contributed by atoms with van der Waals surface area (Å²) < 4.78 is 0.925. The standard InChI is InChI=1S/C16H16BrNO/c1-10-6-4-8-13(12(10)3)16(19)18-14-9-5-7-11(2)15(14)17/h4-9H,1-3H3,(H,18,19). The van der Waals surface area contributed by atoms with E-state index in [-0.39, 0.29) is 5.91 Å². The largest absolute Gasteiger partial charge is 0.321 e. The van der Waals surface area contributed by atoms with Crippen molar-refractivity contribution in [2.75, 3.05) is 5.32 Å². The van der Waals surface area contributed by atoms with Gasteiger partial charge in [0.15, 0.2) is 0 Å². The van der Waals surface area contributed by atoms with E-state index < -0.39 is 0 Å². The molecule has 3 heteroatoms. The maximum atomic E-state index is 12.3. The number of carbonyl (C=O) groups is 1. The SMILES string of the molecule is Cc1cccc(C(=O)Nc2cccc(C)c2Br)c1C. The van der Waals surface area contributed by atoms with Gasteiger partial charge in [0, 0.05) is 10.0 Å². The lowest BCUT2D eigenvalue weighted by atomic mass is 10.0. The molecule has 0 saturated heterocycles. The van der Waals surface area contributed by atoms with E-state index in [1.165, 1.54) is 0 Å². The normalized spacial score (nSPS) is 10.3. The lowest BCUT2D eigenvalue weighted by Crippen LogP contribution is -2.14. The molecule has 19 heavy (non-hydrogen) atoms. The summed E-state index contributed by atoms with van der Waals surface area (Å²) in [6.45, 7) is 5.97. The van der Waals surface area contributed by atoms with Gasteiger partial charge in [0.25, 0.3) is 5.91 Å². The van der Waals surface area contributed by atoms with Crippen molar-refractivity contribution in [1.82, 2.24) is 0 Å². The average Bonchev–Trinajstić information content (AvgIpc) is 2.38. The highest BCUT2D eigenvalue weighted by Gasteiger charge is 2.12. The van der Waals surface area contributed by atoms with Gasteiger partial charge >= 0.3 is 0 Å². The van der Waals surface area contributed by atoms with Crippen LogP contribution in [0.15, 0.2) is 40.9 Å². The first-order valence-corrected chi connectivity index (χ1v) is 6.92. The molecule has 98 valence electrons. The summed E-state index contributed by atoms with van der Waals surface area (Å²) in [5.41, 5.74) is 4.75. The molecular formula is C16H16BrNO. The molecule has 0 aliphatic rings. The van der Waals surface area contributed by atoms with E-state index in [4.69, 9.17) is 0 Å². The molecule has 2 nitrogen and oxygen atoms in total. The number of nitrogens with one attached hydrogen (secondary N) is 1. The van der Waals surface area contributed by atoms with Crippen LogP contribution in [-0.2, 0) is 0 Å². The fourth-order valence-electron chi connectivity index (χ4n) is 1.93. The predicted molar refractivity (Wildman–Crippen MR) is 82.7 cm³/mol. The Morgan fingerprint density at radius 2 is 1.63 bits per heavy atom. The van der Waals surface area contributed by atoms with Crippen LogP contribution in [0.25, 0.3) is 0 Å². The van der Waals surface area contributed by atoms with Gasteiger partial charge in [-0.15, -0.1) is 0 Å². The number of benzene rings is 2. The molecule has 0 saturated carbocycles. The number of aryl methyl sites for hydroxylation is 2. The molecule has 0 spiro atoms. The minimum absolute atomic E-state index is 0.0764. The number of halogens is 1. The van der Waals surface area contributed by atoms with Crippen LogP contribution in [0.5, 0.6) is 0 Å². The van der Waals surface area contributed by atoms with Crippen LogP contribution in [0.4, 0.5) is 5.69 Å². The van der Waals surface area contributed by atoms with Gasteiger partial charge in [0.1, 0.15) is 0 Å². The summed E-state index contributed by atoms with van der Waals surface area (Å²) >= 11 is 3.50. The van der Waals surface area contributed by atoms with Gasteiger partial charge in [-0.2, -0.15) is 0 Å². The summed E-state index contributed by atoms with van der Waals surface area (Å²) in [4.78, 5) is 12.3. The zero-order valence-electron chi connectivity index (χ0n) is 11.3. The van der Waals surface area contributed by atoms with Gasteiger partial charge in [-0.25, -0.2) is 0 Å². The van der Waals surface area contributed by atoms with Crippen LogP contribution in [0, 0.1) is 20.8 Å². The summed E-state index contributed by atoms with van der Waals surface area (Å²) in [5, 5.41) is 2.95. The van der Waals surface area contributed by atoms with E-state index >= 15 is 0 Å². The third kappa shape index (κ3) is 2.87. The number of anilines is 1. The molecule has 2 aromatic rings. The lowest BCUT2D eigenvalue weighted by Gasteiger charge is -2.11. The van der Waals surface area contributed by atoms with Gasteiger partial charge in [0.2, 0.25) is 0 Å². The van der Waals surface area contributed by atoms with Crippen molar-refractivity contribution in [3.8, 4) is 0 Å². The maximum Gasteiger partial charge on any atom is 0.255 e.